The normalized spacial score (nSPS) is 10.6. The average Bonchev–Trinajstić information content (AvgIpc) is 2.52. The van der Waals surface area contributed by atoms with Crippen LogP contribution in [0.15, 0.2) is 42.5 Å². The monoisotopic (exact) mass is 348 g/mol. The second kappa shape index (κ2) is 6.76. The quantitative estimate of drug-likeness (QED) is 0.663. The Kier molecular flexibility index (Phi) is 4.51. The van der Waals surface area contributed by atoms with Crippen LogP contribution in [-0.2, 0) is 0 Å². The highest BCUT2D eigenvalue weighted by Crippen LogP contribution is 2.24. The molecule has 0 saturated heterocycles. The maximum Gasteiger partial charge on any atom is 0.149 e. The Morgan fingerprint density at radius 2 is 1.12 bits per heavy atom. The van der Waals surface area contributed by atoms with Gasteiger partial charge in [-0.05, 0) is 31.2 Å². The van der Waals surface area contributed by atoms with Gasteiger partial charge in [-0.2, -0.15) is 0 Å². The van der Waals surface area contributed by atoms with Crippen molar-refractivity contribution in [3.63, 3.8) is 0 Å². The van der Waals surface area contributed by atoms with Gasteiger partial charge in [-0.3, -0.25) is 0 Å². The van der Waals surface area contributed by atoms with Gasteiger partial charge in [0.1, 0.15) is 40.7 Å². The third kappa shape index (κ3) is 4.03. The van der Waals surface area contributed by atoms with Crippen molar-refractivity contribution < 1.29 is 17.6 Å². The van der Waals surface area contributed by atoms with E-state index in [-0.39, 0.29) is 23.0 Å². The maximum absolute atomic E-state index is 13.7. The Labute approximate surface area is 140 Å². The lowest BCUT2D eigenvalue weighted by Crippen LogP contribution is -2.03. The molecule has 0 radical (unpaired) electrons. The van der Waals surface area contributed by atoms with E-state index in [1.807, 2.05) is 0 Å². The van der Waals surface area contributed by atoms with Gasteiger partial charge in [0.25, 0.3) is 0 Å². The zero-order valence-corrected chi connectivity index (χ0v) is 12.9. The second-order valence-corrected chi connectivity index (χ2v) is 5.18. The fraction of sp³-hybridized carbons (Fsp3) is 0.0588. The number of benzene rings is 2. The summed E-state index contributed by atoms with van der Waals surface area (Å²) in [6.07, 6.45) is 0. The molecule has 2 aromatic carbocycles. The molecule has 0 aliphatic carbocycles. The van der Waals surface area contributed by atoms with Crippen molar-refractivity contribution in [2.75, 3.05) is 10.6 Å². The Morgan fingerprint density at radius 1 is 0.680 bits per heavy atom. The summed E-state index contributed by atoms with van der Waals surface area (Å²) in [5.41, 5.74) is 0.0526. The number of aromatic nitrogens is 2. The van der Waals surface area contributed by atoms with Crippen LogP contribution < -0.4 is 10.6 Å². The molecule has 128 valence electrons. The van der Waals surface area contributed by atoms with Crippen LogP contribution in [0.5, 0.6) is 0 Å². The summed E-state index contributed by atoms with van der Waals surface area (Å²) in [5.74, 6) is -2.18. The number of hydrogen-bond donors (Lipinski definition) is 2. The van der Waals surface area contributed by atoms with Crippen LogP contribution in [0.4, 0.5) is 40.6 Å². The molecule has 0 aliphatic heterocycles. The van der Waals surface area contributed by atoms with Gasteiger partial charge in [-0.25, -0.2) is 27.5 Å². The highest BCUT2D eigenvalue weighted by atomic mass is 19.1. The minimum absolute atomic E-state index is 0.0263. The zero-order valence-electron chi connectivity index (χ0n) is 12.9. The second-order valence-electron chi connectivity index (χ2n) is 5.18. The van der Waals surface area contributed by atoms with E-state index < -0.39 is 23.3 Å². The van der Waals surface area contributed by atoms with Gasteiger partial charge in [-0.15, -0.1) is 0 Å². The van der Waals surface area contributed by atoms with E-state index >= 15 is 0 Å². The molecule has 0 unspecified atom stereocenters. The predicted octanol–water partition coefficient (Wildman–Crippen LogP) is 4.83. The van der Waals surface area contributed by atoms with Crippen LogP contribution in [0, 0.1) is 30.2 Å². The van der Waals surface area contributed by atoms with E-state index in [0.717, 1.165) is 24.3 Å². The van der Waals surface area contributed by atoms with Gasteiger partial charge < -0.3 is 10.6 Å². The Bertz CT molecular complexity index is 859. The first-order chi connectivity index (χ1) is 11.9. The van der Waals surface area contributed by atoms with Crippen molar-refractivity contribution >= 4 is 23.0 Å². The summed E-state index contributed by atoms with van der Waals surface area (Å²) < 4.78 is 53.4. The highest BCUT2D eigenvalue weighted by molar-refractivity contribution is 5.63. The summed E-state index contributed by atoms with van der Waals surface area (Å²) in [5, 5.41) is 5.41. The van der Waals surface area contributed by atoms with Crippen molar-refractivity contribution in [1.29, 1.82) is 0 Å². The number of nitrogens with one attached hydrogen (secondary N) is 2. The van der Waals surface area contributed by atoms with Gasteiger partial charge in [0.15, 0.2) is 0 Å². The van der Waals surface area contributed by atoms with Crippen molar-refractivity contribution in [2.24, 2.45) is 0 Å². The molecule has 0 amide bonds. The molecule has 0 atom stereocenters. The van der Waals surface area contributed by atoms with Gasteiger partial charge in [0.05, 0.1) is 11.4 Å². The number of anilines is 4. The lowest BCUT2D eigenvalue weighted by molar-refractivity contribution is 0.585. The number of rotatable bonds is 4. The molecule has 0 fully saturated rings. The van der Waals surface area contributed by atoms with E-state index in [0.29, 0.717) is 5.82 Å². The Hall–Kier alpha value is -3.16. The lowest BCUT2D eigenvalue weighted by atomic mass is 10.3. The van der Waals surface area contributed by atoms with E-state index in [9.17, 15) is 17.6 Å². The molecule has 1 heterocycles. The minimum atomic E-state index is -0.782. The van der Waals surface area contributed by atoms with Crippen LogP contribution >= 0.6 is 0 Å². The molecule has 2 N–H and O–H groups in total. The molecule has 0 bridgehead atoms. The summed E-state index contributed by atoms with van der Waals surface area (Å²) in [6.45, 7) is 1.60. The molecule has 4 nitrogen and oxygen atoms in total. The SMILES string of the molecule is Cc1nc(Nc2ccc(F)cc2F)cc(Nc2ccc(F)cc2F)n1. The van der Waals surface area contributed by atoms with Crippen LogP contribution in [-0.4, -0.2) is 9.97 Å². The first-order valence-corrected chi connectivity index (χ1v) is 7.20. The van der Waals surface area contributed by atoms with Crippen LogP contribution in [0.2, 0.25) is 0 Å². The molecule has 3 rings (SSSR count). The summed E-state index contributed by atoms with van der Waals surface area (Å²) in [4.78, 5) is 8.19. The number of hydrogen-bond acceptors (Lipinski definition) is 4. The fourth-order valence-electron chi connectivity index (χ4n) is 2.15. The fourth-order valence-corrected chi connectivity index (χ4v) is 2.15. The lowest BCUT2D eigenvalue weighted by Gasteiger charge is -2.11. The first-order valence-electron chi connectivity index (χ1n) is 7.20. The smallest absolute Gasteiger partial charge is 0.149 e. The van der Waals surface area contributed by atoms with Crippen molar-refractivity contribution in [2.45, 2.75) is 6.92 Å². The molecule has 1 aromatic heterocycles. The third-order valence-electron chi connectivity index (χ3n) is 3.23. The first kappa shape index (κ1) is 16.7. The number of halogens is 4. The molecule has 0 spiro atoms. The summed E-state index contributed by atoms with van der Waals surface area (Å²) in [6, 6.07) is 7.56. The summed E-state index contributed by atoms with van der Waals surface area (Å²) >= 11 is 0. The standard InChI is InChI=1S/C17H12F4N4/c1-9-22-16(24-14-4-2-10(18)6-12(14)20)8-17(23-9)25-15-5-3-11(19)7-13(15)21/h2-8H,1H3,(H2,22,23,24,25). The molecule has 0 saturated carbocycles. The number of aryl methyl sites for hydroxylation is 1. The van der Waals surface area contributed by atoms with Gasteiger partial charge in [-0.1, -0.05) is 0 Å². The average molecular weight is 348 g/mol. The zero-order chi connectivity index (χ0) is 18.0. The Balaban J connectivity index is 1.87. The van der Waals surface area contributed by atoms with E-state index in [4.69, 9.17) is 0 Å². The van der Waals surface area contributed by atoms with Crippen LogP contribution in [0.1, 0.15) is 5.82 Å². The molecule has 25 heavy (non-hydrogen) atoms. The molecule has 8 heteroatoms. The summed E-state index contributed by atoms with van der Waals surface area (Å²) in [7, 11) is 0. The van der Waals surface area contributed by atoms with Crippen molar-refractivity contribution in [3.8, 4) is 0 Å². The van der Waals surface area contributed by atoms with Crippen LogP contribution in [0.3, 0.4) is 0 Å². The van der Waals surface area contributed by atoms with E-state index in [2.05, 4.69) is 20.6 Å². The van der Waals surface area contributed by atoms with Crippen LogP contribution in [0.25, 0.3) is 0 Å². The van der Waals surface area contributed by atoms with Gasteiger partial charge >= 0.3 is 0 Å². The molecule has 3 aromatic rings. The van der Waals surface area contributed by atoms with Crippen molar-refractivity contribution in [1.82, 2.24) is 9.97 Å². The predicted molar refractivity (Wildman–Crippen MR) is 86.1 cm³/mol. The minimum Gasteiger partial charge on any atom is -0.338 e. The maximum atomic E-state index is 13.7. The third-order valence-corrected chi connectivity index (χ3v) is 3.23. The molecular weight excluding hydrogens is 336 g/mol. The van der Waals surface area contributed by atoms with E-state index in [1.54, 1.807) is 6.92 Å². The number of nitrogens with zero attached hydrogens (tertiary/aromatic N) is 2. The largest absolute Gasteiger partial charge is 0.338 e. The van der Waals surface area contributed by atoms with Gasteiger partial charge in [0, 0.05) is 18.2 Å². The molecular formula is C17H12F4N4. The highest BCUT2D eigenvalue weighted by Gasteiger charge is 2.09. The van der Waals surface area contributed by atoms with Crippen molar-refractivity contribution in [3.05, 3.63) is 71.6 Å². The Morgan fingerprint density at radius 3 is 1.52 bits per heavy atom. The van der Waals surface area contributed by atoms with E-state index in [1.165, 1.54) is 18.2 Å². The molecule has 0 aliphatic rings. The topological polar surface area (TPSA) is 49.8 Å². The van der Waals surface area contributed by atoms with Gasteiger partial charge in [0.2, 0.25) is 0 Å².